The van der Waals surface area contributed by atoms with Crippen LogP contribution in [0.3, 0.4) is 0 Å². The number of likely N-dealkylation sites (N-methyl/N-ethyl adjacent to an activating group) is 2. The zero-order valence-corrected chi connectivity index (χ0v) is 55.8. The average Bonchev–Trinajstić information content (AvgIpc) is 3.62. The van der Waals surface area contributed by atoms with E-state index in [0.717, 1.165) is 30.2 Å². The molecule has 4 saturated heterocycles. The predicted molar refractivity (Wildman–Crippen MR) is 364 cm³/mol. The van der Waals surface area contributed by atoms with Crippen molar-refractivity contribution in [3.63, 3.8) is 0 Å². The Morgan fingerprint density at radius 1 is 0.361 bits per heavy atom. The van der Waals surface area contributed by atoms with Crippen LogP contribution in [0.1, 0.15) is 257 Å². The van der Waals surface area contributed by atoms with Gasteiger partial charge in [-0.05, 0) is 260 Å². The van der Waals surface area contributed by atoms with Crippen molar-refractivity contribution in [1.82, 2.24) is 24.5 Å². The summed E-state index contributed by atoms with van der Waals surface area (Å²) in [5, 5.41) is 0. The average molecular weight is 1130 g/mol. The quantitative estimate of drug-likeness (QED) is 0.123. The van der Waals surface area contributed by atoms with Crippen LogP contribution in [0.2, 0.25) is 0 Å². The SMILES string of the molecule is CC(C)c1ccc(C2=CCN(C)CC2)cc1.CC(C)c1ccc(C2CCCN(C)C2)cc1.CC(C)c1ccc(C2CCN(C(C)C)CC2)cc1.CC(C)c1ccc(C2CCN(C)CC2)cc1.CCN1CCC(c2ccc(C(C)C)cc2)CC1. The molecule has 0 radical (unpaired) electrons. The highest BCUT2D eigenvalue weighted by Gasteiger charge is 2.24. The van der Waals surface area contributed by atoms with Gasteiger partial charge in [0.15, 0.2) is 0 Å². The van der Waals surface area contributed by atoms with Gasteiger partial charge in [0.1, 0.15) is 0 Å². The number of rotatable bonds is 12. The molecule has 456 valence electrons. The van der Waals surface area contributed by atoms with E-state index in [1.165, 1.54) is 173 Å². The third kappa shape index (κ3) is 22.1. The zero-order chi connectivity index (χ0) is 60.0. The Labute approximate surface area is 510 Å². The normalized spacial score (nSPS) is 19.4. The molecule has 0 aliphatic carbocycles. The predicted octanol–water partition coefficient (Wildman–Crippen LogP) is 19.2. The summed E-state index contributed by atoms with van der Waals surface area (Å²) in [6, 6.07) is 47.0. The third-order valence-electron chi connectivity index (χ3n) is 19.3. The van der Waals surface area contributed by atoms with E-state index in [4.69, 9.17) is 0 Å². The molecule has 0 saturated carbocycles. The highest BCUT2D eigenvalue weighted by molar-refractivity contribution is 5.66. The Morgan fingerprint density at radius 2 is 0.711 bits per heavy atom. The molecule has 5 heteroatoms. The molecule has 5 heterocycles. The summed E-state index contributed by atoms with van der Waals surface area (Å²) in [6.07, 6.45) is 14.2. The first kappa shape index (κ1) is 67.8. The summed E-state index contributed by atoms with van der Waals surface area (Å²) in [7, 11) is 6.63. The van der Waals surface area contributed by atoms with E-state index in [2.05, 4.69) is 263 Å². The zero-order valence-electron chi connectivity index (χ0n) is 55.8. The Morgan fingerprint density at radius 3 is 1.04 bits per heavy atom. The topological polar surface area (TPSA) is 16.2 Å². The fraction of sp³-hybridized carbons (Fsp3) is 0.590. The number of nitrogens with zero attached hydrogens (tertiary/aromatic N) is 5. The van der Waals surface area contributed by atoms with Crippen LogP contribution in [0.15, 0.2) is 127 Å². The van der Waals surface area contributed by atoms with Crippen LogP contribution in [-0.4, -0.2) is 124 Å². The Kier molecular flexibility index (Phi) is 28.3. The monoisotopic (exact) mass is 1130 g/mol. The minimum Gasteiger partial charge on any atom is -0.306 e. The van der Waals surface area contributed by atoms with Crippen LogP contribution >= 0.6 is 0 Å². The van der Waals surface area contributed by atoms with E-state index >= 15 is 0 Å². The van der Waals surface area contributed by atoms with Crippen LogP contribution in [0.5, 0.6) is 0 Å². The summed E-state index contributed by atoms with van der Waals surface area (Å²) < 4.78 is 0. The van der Waals surface area contributed by atoms with Gasteiger partial charge in [-0.2, -0.15) is 0 Å². The number of piperidine rings is 4. The Bertz CT molecular complexity index is 2550. The molecular weight excluding hydrogens is 1010 g/mol. The molecule has 5 aliphatic rings. The summed E-state index contributed by atoms with van der Waals surface area (Å²) in [6.45, 7) is 42.9. The minimum atomic E-state index is 0.625. The van der Waals surface area contributed by atoms with E-state index < -0.39 is 0 Å². The molecule has 0 amide bonds. The van der Waals surface area contributed by atoms with E-state index in [1.54, 1.807) is 11.1 Å². The molecule has 10 rings (SSSR count). The van der Waals surface area contributed by atoms with Gasteiger partial charge in [0.2, 0.25) is 0 Å². The van der Waals surface area contributed by atoms with Crippen molar-refractivity contribution in [3.05, 3.63) is 183 Å². The lowest BCUT2D eigenvalue weighted by Gasteiger charge is -2.34. The van der Waals surface area contributed by atoms with Crippen molar-refractivity contribution < 1.29 is 0 Å². The van der Waals surface area contributed by atoms with Gasteiger partial charge in [0.05, 0.1) is 0 Å². The Hall–Kier alpha value is -4.36. The Balaban J connectivity index is 0.000000167. The van der Waals surface area contributed by atoms with Crippen molar-refractivity contribution >= 4 is 5.57 Å². The molecule has 5 aromatic rings. The molecular formula is C78H119N5. The maximum absolute atomic E-state index is 2.60. The molecule has 0 bridgehead atoms. The molecule has 1 atom stereocenters. The van der Waals surface area contributed by atoms with E-state index in [-0.39, 0.29) is 0 Å². The maximum atomic E-state index is 2.60. The van der Waals surface area contributed by atoms with Gasteiger partial charge in [-0.25, -0.2) is 0 Å². The number of hydrogen-bond acceptors (Lipinski definition) is 5. The largest absolute Gasteiger partial charge is 0.306 e. The number of hydrogen-bond donors (Lipinski definition) is 0. The second-order valence-electron chi connectivity index (χ2n) is 27.6. The fourth-order valence-electron chi connectivity index (χ4n) is 12.8. The van der Waals surface area contributed by atoms with Crippen molar-refractivity contribution in [1.29, 1.82) is 0 Å². The van der Waals surface area contributed by atoms with Gasteiger partial charge < -0.3 is 24.5 Å². The number of benzene rings is 5. The van der Waals surface area contributed by atoms with Crippen molar-refractivity contribution in [2.75, 3.05) is 93.1 Å². The van der Waals surface area contributed by atoms with Gasteiger partial charge >= 0.3 is 0 Å². The van der Waals surface area contributed by atoms with Crippen molar-refractivity contribution in [2.24, 2.45) is 0 Å². The molecule has 0 spiro atoms. The van der Waals surface area contributed by atoms with E-state index in [1.807, 2.05) is 0 Å². The molecule has 83 heavy (non-hydrogen) atoms. The first-order valence-corrected chi connectivity index (χ1v) is 33.5. The van der Waals surface area contributed by atoms with Gasteiger partial charge in [0.25, 0.3) is 0 Å². The lowest BCUT2D eigenvalue weighted by atomic mass is 9.88. The lowest BCUT2D eigenvalue weighted by Crippen LogP contribution is -2.37. The summed E-state index contributed by atoms with van der Waals surface area (Å²) in [5.74, 6) is 6.31. The van der Waals surface area contributed by atoms with Crippen LogP contribution in [0.25, 0.3) is 5.57 Å². The van der Waals surface area contributed by atoms with Crippen LogP contribution in [0.4, 0.5) is 0 Å². The second-order valence-corrected chi connectivity index (χ2v) is 27.6. The highest BCUT2D eigenvalue weighted by Crippen LogP contribution is 2.33. The van der Waals surface area contributed by atoms with E-state index in [9.17, 15) is 0 Å². The molecule has 0 aromatic heterocycles. The fourth-order valence-corrected chi connectivity index (χ4v) is 12.8. The van der Waals surface area contributed by atoms with Gasteiger partial charge in [-0.1, -0.05) is 204 Å². The van der Waals surface area contributed by atoms with Crippen LogP contribution in [-0.2, 0) is 0 Å². The van der Waals surface area contributed by atoms with Crippen molar-refractivity contribution in [3.8, 4) is 0 Å². The molecule has 4 fully saturated rings. The smallest absolute Gasteiger partial charge is 0.0166 e. The standard InChI is InChI=1S/C17H27N.C16H25N.C15H23N.C15H21N.C15H23N/c1-13(2)15-5-7-16(8-6-15)17-9-11-18(12-10-17)14(3)4;1-4-17-11-9-16(10-12-17)15-7-5-14(6-8-15)13(2)3;2*1-12(2)13-4-6-14(7-5-13)15-8-10-16(3)11-9-15;1-12(2)13-6-8-14(9-7-13)15-5-4-10-16(3)11-15/h5-8,13-14,17H,9-12H2,1-4H3;5-8,13,16H,4,9-12H2,1-3H3;4-7,12,15H,8-11H2,1-3H3;4-8,12H,9-11H2,1-3H3;6-9,12,15H,4-5,10-11H2,1-3H3. The summed E-state index contributed by atoms with van der Waals surface area (Å²) in [5.41, 5.74) is 16.3. The number of likely N-dealkylation sites (tertiary alicyclic amines) is 4. The third-order valence-corrected chi connectivity index (χ3v) is 19.3. The molecule has 5 aliphatic heterocycles. The van der Waals surface area contributed by atoms with E-state index in [0.29, 0.717) is 35.6 Å². The second kappa shape index (κ2) is 34.7. The summed E-state index contributed by atoms with van der Waals surface area (Å²) >= 11 is 0. The van der Waals surface area contributed by atoms with Crippen molar-refractivity contribution in [2.45, 2.75) is 207 Å². The van der Waals surface area contributed by atoms with Gasteiger partial charge in [-0.15, -0.1) is 0 Å². The van der Waals surface area contributed by atoms with Gasteiger partial charge in [0, 0.05) is 25.7 Å². The lowest BCUT2D eigenvalue weighted by molar-refractivity contribution is 0.172. The molecule has 0 N–H and O–H groups in total. The highest BCUT2D eigenvalue weighted by atomic mass is 15.1. The summed E-state index contributed by atoms with van der Waals surface area (Å²) in [4.78, 5) is 12.4. The minimum absolute atomic E-state index is 0.625. The first-order chi connectivity index (χ1) is 39.8. The maximum Gasteiger partial charge on any atom is 0.0166 e. The molecule has 1 unspecified atom stereocenters. The molecule has 5 aromatic carbocycles. The van der Waals surface area contributed by atoms with Crippen LogP contribution < -0.4 is 0 Å². The van der Waals surface area contributed by atoms with Crippen LogP contribution in [0, 0.1) is 0 Å². The first-order valence-electron chi connectivity index (χ1n) is 33.5. The van der Waals surface area contributed by atoms with Gasteiger partial charge in [-0.3, -0.25) is 0 Å². The molecule has 5 nitrogen and oxygen atoms in total.